The maximum Gasteiger partial charge on any atom is 0.317 e. The van der Waals surface area contributed by atoms with Crippen LogP contribution in [0, 0.1) is 5.41 Å². The summed E-state index contributed by atoms with van der Waals surface area (Å²) < 4.78 is 0. The highest BCUT2D eigenvalue weighted by atomic mass is 16.2. The summed E-state index contributed by atoms with van der Waals surface area (Å²) in [5.74, 6) is 0. The van der Waals surface area contributed by atoms with Crippen LogP contribution in [-0.2, 0) is 0 Å². The third kappa shape index (κ3) is 3.38. The number of likely N-dealkylation sites (tertiary alicyclic amines) is 1. The van der Waals surface area contributed by atoms with Crippen molar-refractivity contribution in [2.45, 2.75) is 39.7 Å². The molecule has 4 nitrogen and oxygen atoms in total. The molecule has 0 aromatic rings. The van der Waals surface area contributed by atoms with E-state index in [2.05, 4.69) is 12.2 Å². The minimum absolute atomic E-state index is 0.0275. The van der Waals surface area contributed by atoms with Crippen molar-refractivity contribution in [3.8, 4) is 0 Å². The molecule has 3 N–H and O–H groups in total. The van der Waals surface area contributed by atoms with Crippen LogP contribution in [0.25, 0.3) is 0 Å². The van der Waals surface area contributed by atoms with Gasteiger partial charge in [0.1, 0.15) is 0 Å². The molecule has 1 unspecified atom stereocenters. The first-order valence-corrected chi connectivity index (χ1v) is 5.53. The molecule has 1 heterocycles. The predicted molar refractivity (Wildman–Crippen MR) is 61.6 cm³/mol. The third-order valence-electron chi connectivity index (χ3n) is 2.82. The minimum atomic E-state index is -0.168. The topological polar surface area (TPSA) is 58.4 Å². The summed E-state index contributed by atoms with van der Waals surface area (Å²) in [6.45, 7) is 10.3. The Bertz CT molecular complexity index is 247. The molecular formula is C11H23N3O. The Balaban J connectivity index is 2.51. The van der Waals surface area contributed by atoms with Gasteiger partial charge in [-0.1, -0.05) is 6.92 Å². The van der Waals surface area contributed by atoms with Crippen LogP contribution in [0.15, 0.2) is 0 Å². The minimum Gasteiger partial charge on any atom is -0.333 e. The van der Waals surface area contributed by atoms with E-state index in [0.29, 0.717) is 6.54 Å². The Morgan fingerprint density at radius 2 is 2.13 bits per heavy atom. The van der Waals surface area contributed by atoms with Gasteiger partial charge in [0.25, 0.3) is 0 Å². The van der Waals surface area contributed by atoms with Gasteiger partial charge in [0.05, 0.1) is 0 Å². The average Bonchev–Trinajstić information content (AvgIpc) is 2.46. The standard InChI is InChI=1S/C11H23N3O/c1-10(2,3)13-9(15)14-6-5-11(4,7-12)8-14/h5-8,12H2,1-4H3,(H,13,15). The van der Waals surface area contributed by atoms with Gasteiger partial charge < -0.3 is 16.0 Å². The number of amides is 2. The van der Waals surface area contributed by atoms with Gasteiger partial charge >= 0.3 is 6.03 Å². The van der Waals surface area contributed by atoms with Gasteiger partial charge in [0.15, 0.2) is 0 Å². The molecule has 0 radical (unpaired) electrons. The second-order valence-electron chi connectivity index (χ2n) is 5.87. The molecule has 88 valence electrons. The Labute approximate surface area is 92.2 Å². The van der Waals surface area contributed by atoms with E-state index in [9.17, 15) is 4.79 Å². The normalized spacial score (nSPS) is 26.9. The van der Waals surface area contributed by atoms with E-state index in [1.807, 2.05) is 25.7 Å². The van der Waals surface area contributed by atoms with Crippen molar-refractivity contribution in [3.63, 3.8) is 0 Å². The first-order chi connectivity index (χ1) is 6.76. The molecular weight excluding hydrogens is 190 g/mol. The molecule has 1 atom stereocenters. The molecule has 1 aliphatic rings. The molecule has 0 bridgehead atoms. The Morgan fingerprint density at radius 3 is 2.53 bits per heavy atom. The largest absolute Gasteiger partial charge is 0.333 e. The van der Waals surface area contributed by atoms with Gasteiger partial charge in [-0.05, 0) is 39.2 Å². The number of rotatable bonds is 1. The van der Waals surface area contributed by atoms with Gasteiger partial charge in [-0.3, -0.25) is 0 Å². The van der Waals surface area contributed by atoms with Crippen LogP contribution in [0.3, 0.4) is 0 Å². The van der Waals surface area contributed by atoms with Gasteiger partial charge in [-0.25, -0.2) is 4.79 Å². The second-order valence-corrected chi connectivity index (χ2v) is 5.87. The monoisotopic (exact) mass is 213 g/mol. The summed E-state index contributed by atoms with van der Waals surface area (Å²) in [6.07, 6.45) is 1.00. The fourth-order valence-electron chi connectivity index (χ4n) is 1.76. The van der Waals surface area contributed by atoms with E-state index in [0.717, 1.165) is 19.5 Å². The zero-order chi connectivity index (χ0) is 11.7. The first kappa shape index (κ1) is 12.3. The maximum absolute atomic E-state index is 11.8. The van der Waals surface area contributed by atoms with E-state index >= 15 is 0 Å². The Kier molecular flexibility index (Phi) is 3.28. The number of hydrogen-bond acceptors (Lipinski definition) is 2. The zero-order valence-corrected chi connectivity index (χ0v) is 10.3. The molecule has 0 saturated carbocycles. The van der Waals surface area contributed by atoms with E-state index in [4.69, 9.17) is 5.73 Å². The molecule has 1 rings (SSSR count). The van der Waals surface area contributed by atoms with E-state index in [-0.39, 0.29) is 17.0 Å². The van der Waals surface area contributed by atoms with Crippen LogP contribution in [0.4, 0.5) is 4.79 Å². The van der Waals surface area contributed by atoms with E-state index < -0.39 is 0 Å². The van der Waals surface area contributed by atoms with Crippen LogP contribution in [-0.4, -0.2) is 36.1 Å². The van der Waals surface area contributed by atoms with Crippen molar-refractivity contribution < 1.29 is 4.79 Å². The van der Waals surface area contributed by atoms with E-state index in [1.165, 1.54) is 0 Å². The number of carbonyl (C=O) groups is 1. The third-order valence-corrected chi connectivity index (χ3v) is 2.82. The van der Waals surface area contributed by atoms with Crippen molar-refractivity contribution in [3.05, 3.63) is 0 Å². The van der Waals surface area contributed by atoms with Crippen molar-refractivity contribution in [2.24, 2.45) is 11.1 Å². The number of nitrogens with one attached hydrogen (secondary N) is 1. The fourth-order valence-corrected chi connectivity index (χ4v) is 1.76. The molecule has 1 fully saturated rings. The van der Waals surface area contributed by atoms with Gasteiger partial charge in [-0.2, -0.15) is 0 Å². The van der Waals surface area contributed by atoms with Crippen LogP contribution < -0.4 is 11.1 Å². The highest BCUT2D eigenvalue weighted by Gasteiger charge is 2.35. The molecule has 1 saturated heterocycles. The van der Waals surface area contributed by atoms with Crippen LogP contribution >= 0.6 is 0 Å². The molecule has 1 aliphatic heterocycles. The molecule has 0 aromatic heterocycles. The molecule has 0 spiro atoms. The van der Waals surface area contributed by atoms with Gasteiger partial charge in [0, 0.05) is 18.6 Å². The summed E-state index contributed by atoms with van der Waals surface area (Å²) in [4.78, 5) is 13.7. The molecule has 0 aromatic carbocycles. The smallest absolute Gasteiger partial charge is 0.317 e. The van der Waals surface area contributed by atoms with Crippen LogP contribution in [0.2, 0.25) is 0 Å². The number of nitrogens with two attached hydrogens (primary N) is 1. The molecule has 2 amide bonds. The number of carbonyl (C=O) groups excluding carboxylic acids is 1. The van der Waals surface area contributed by atoms with Crippen molar-refractivity contribution in [1.82, 2.24) is 10.2 Å². The first-order valence-electron chi connectivity index (χ1n) is 5.53. The zero-order valence-electron chi connectivity index (χ0n) is 10.3. The lowest BCUT2D eigenvalue weighted by Crippen LogP contribution is -2.48. The van der Waals surface area contributed by atoms with Gasteiger partial charge in [0.2, 0.25) is 0 Å². The highest BCUT2D eigenvalue weighted by molar-refractivity contribution is 5.75. The van der Waals surface area contributed by atoms with E-state index in [1.54, 1.807) is 0 Å². The number of urea groups is 1. The van der Waals surface area contributed by atoms with Crippen molar-refractivity contribution in [1.29, 1.82) is 0 Å². The highest BCUT2D eigenvalue weighted by Crippen LogP contribution is 2.28. The predicted octanol–water partition coefficient (Wildman–Crippen LogP) is 1.17. The Morgan fingerprint density at radius 1 is 1.53 bits per heavy atom. The average molecular weight is 213 g/mol. The van der Waals surface area contributed by atoms with Gasteiger partial charge in [-0.15, -0.1) is 0 Å². The number of nitrogens with zero attached hydrogens (tertiary/aromatic N) is 1. The van der Waals surface area contributed by atoms with Crippen LogP contribution in [0.5, 0.6) is 0 Å². The molecule has 0 aliphatic carbocycles. The summed E-state index contributed by atoms with van der Waals surface area (Å²) in [6, 6.07) is 0.0275. The van der Waals surface area contributed by atoms with Crippen molar-refractivity contribution in [2.75, 3.05) is 19.6 Å². The fraction of sp³-hybridized carbons (Fsp3) is 0.909. The van der Waals surface area contributed by atoms with Crippen LogP contribution in [0.1, 0.15) is 34.1 Å². The number of hydrogen-bond donors (Lipinski definition) is 2. The summed E-state index contributed by atoms with van der Waals surface area (Å²) >= 11 is 0. The SMILES string of the molecule is CC1(CN)CCN(C(=O)NC(C)(C)C)C1. The molecule has 15 heavy (non-hydrogen) atoms. The summed E-state index contributed by atoms with van der Waals surface area (Å²) in [7, 11) is 0. The lowest BCUT2D eigenvalue weighted by Gasteiger charge is -2.27. The van der Waals surface area contributed by atoms with Crippen molar-refractivity contribution >= 4 is 6.03 Å². The summed E-state index contributed by atoms with van der Waals surface area (Å²) in [5, 5.41) is 2.97. The molecule has 4 heteroatoms. The maximum atomic E-state index is 11.8. The lowest BCUT2D eigenvalue weighted by atomic mass is 9.90. The summed E-state index contributed by atoms with van der Waals surface area (Å²) in [5.41, 5.74) is 5.64. The second kappa shape index (κ2) is 4.00. The lowest BCUT2D eigenvalue weighted by molar-refractivity contribution is 0.193. The Hall–Kier alpha value is -0.770. The quantitative estimate of drug-likeness (QED) is 0.687.